The van der Waals surface area contributed by atoms with Crippen molar-refractivity contribution in [2.24, 2.45) is 0 Å². The van der Waals surface area contributed by atoms with E-state index in [1.54, 1.807) is 12.1 Å². The van der Waals surface area contributed by atoms with E-state index in [4.69, 9.17) is 12.2 Å². The number of carbonyl (C=O) groups excluding carboxylic acids is 2. The van der Waals surface area contributed by atoms with Gasteiger partial charge in [-0.2, -0.15) is 0 Å². The van der Waals surface area contributed by atoms with Crippen LogP contribution in [-0.2, 0) is 9.59 Å². The van der Waals surface area contributed by atoms with Crippen LogP contribution in [0.5, 0.6) is 0 Å². The summed E-state index contributed by atoms with van der Waals surface area (Å²) in [6.07, 6.45) is 0.300. The fourth-order valence-corrected chi connectivity index (χ4v) is 2.19. The van der Waals surface area contributed by atoms with Gasteiger partial charge >= 0.3 is 0 Å². The number of para-hydroxylation sites is 1. The highest BCUT2D eigenvalue weighted by molar-refractivity contribution is 7.80. The molecule has 17 heavy (non-hydrogen) atoms. The Morgan fingerprint density at radius 1 is 1.29 bits per heavy atom. The Balaban J connectivity index is 2.34. The lowest BCUT2D eigenvalue weighted by Crippen LogP contribution is -2.53. The molecule has 1 aromatic rings. The van der Waals surface area contributed by atoms with Crippen LogP contribution in [0.3, 0.4) is 0 Å². The van der Waals surface area contributed by atoms with E-state index >= 15 is 0 Å². The predicted molar refractivity (Wildman–Crippen MR) is 68.5 cm³/mol. The minimum Gasteiger partial charge on any atom is -0.288 e. The van der Waals surface area contributed by atoms with Crippen molar-refractivity contribution in [1.29, 1.82) is 0 Å². The second-order valence-corrected chi connectivity index (χ2v) is 4.13. The molecule has 1 aliphatic heterocycles. The number of benzene rings is 1. The maximum absolute atomic E-state index is 11.9. The van der Waals surface area contributed by atoms with Gasteiger partial charge in [0.15, 0.2) is 5.11 Å². The Kier molecular flexibility index (Phi) is 3.19. The highest BCUT2D eigenvalue weighted by Gasteiger charge is 2.31. The molecule has 1 fully saturated rings. The lowest BCUT2D eigenvalue weighted by molar-refractivity contribution is -0.126. The zero-order valence-electron chi connectivity index (χ0n) is 9.42. The van der Waals surface area contributed by atoms with Gasteiger partial charge in [-0.1, -0.05) is 18.2 Å². The number of rotatable bonds is 1. The van der Waals surface area contributed by atoms with Crippen molar-refractivity contribution in [2.75, 3.05) is 11.4 Å². The largest absolute Gasteiger partial charge is 0.288 e. The predicted octanol–water partition coefficient (Wildman–Crippen LogP) is 1.56. The smallest absolute Gasteiger partial charge is 0.235 e. The molecule has 1 saturated heterocycles. The fraction of sp³-hybridized carbons (Fsp3) is 0.250. The lowest BCUT2D eigenvalue weighted by Gasteiger charge is -2.35. The van der Waals surface area contributed by atoms with E-state index in [0.29, 0.717) is 18.7 Å². The molecule has 0 N–H and O–H groups in total. The number of nitrogens with zero attached hydrogens (tertiary/aromatic N) is 2. The topological polar surface area (TPSA) is 40.6 Å². The Labute approximate surface area is 105 Å². The van der Waals surface area contributed by atoms with Crippen LogP contribution in [0.2, 0.25) is 0 Å². The second-order valence-electron chi connectivity index (χ2n) is 3.77. The molecular formula is C12H12N2O2S. The van der Waals surface area contributed by atoms with Crippen molar-refractivity contribution < 1.29 is 9.59 Å². The molecule has 0 aliphatic carbocycles. The van der Waals surface area contributed by atoms with Crippen molar-refractivity contribution in [3.63, 3.8) is 0 Å². The Morgan fingerprint density at radius 2 is 1.94 bits per heavy atom. The molecule has 88 valence electrons. The van der Waals surface area contributed by atoms with Crippen LogP contribution in [-0.4, -0.2) is 28.4 Å². The molecule has 1 heterocycles. The van der Waals surface area contributed by atoms with Crippen molar-refractivity contribution >= 4 is 34.8 Å². The van der Waals surface area contributed by atoms with E-state index in [9.17, 15) is 9.59 Å². The summed E-state index contributed by atoms with van der Waals surface area (Å²) in [7, 11) is 0. The Hall–Kier alpha value is -1.75. The number of carbonyl (C=O) groups is 2. The van der Waals surface area contributed by atoms with E-state index in [1.807, 2.05) is 18.2 Å². The monoisotopic (exact) mass is 248 g/mol. The Morgan fingerprint density at radius 3 is 2.53 bits per heavy atom. The maximum atomic E-state index is 11.9. The van der Waals surface area contributed by atoms with Crippen LogP contribution in [0.1, 0.15) is 13.3 Å². The molecule has 4 nitrogen and oxygen atoms in total. The maximum Gasteiger partial charge on any atom is 0.235 e. The summed E-state index contributed by atoms with van der Waals surface area (Å²) in [5.74, 6) is -0.206. The van der Waals surface area contributed by atoms with Crippen LogP contribution in [0.4, 0.5) is 5.69 Å². The van der Waals surface area contributed by atoms with Gasteiger partial charge < -0.3 is 0 Å². The molecule has 0 unspecified atom stereocenters. The summed E-state index contributed by atoms with van der Waals surface area (Å²) in [6, 6.07) is 9.13. The molecule has 1 aliphatic rings. The van der Waals surface area contributed by atoms with Crippen LogP contribution in [0.25, 0.3) is 0 Å². The van der Waals surface area contributed by atoms with Gasteiger partial charge in [-0.25, -0.2) is 0 Å². The molecule has 0 radical (unpaired) electrons. The minimum atomic E-state index is -0.136. The summed E-state index contributed by atoms with van der Waals surface area (Å²) in [5, 5.41) is 0.264. The lowest BCUT2D eigenvalue weighted by atomic mass is 10.2. The molecule has 0 saturated carbocycles. The highest BCUT2D eigenvalue weighted by Crippen LogP contribution is 2.20. The summed E-state index contributed by atoms with van der Waals surface area (Å²) in [5.41, 5.74) is 0.702. The number of hydrogen-bond acceptors (Lipinski definition) is 3. The van der Waals surface area contributed by atoms with E-state index in [0.717, 1.165) is 0 Å². The third-order valence-electron chi connectivity index (χ3n) is 2.62. The third-order valence-corrected chi connectivity index (χ3v) is 3.02. The number of hydrogen-bond donors (Lipinski definition) is 0. The minimum absolute atomic E-state index is 0.0706. The van der Waals surface area contributed by atoms with Crippen LogP contribution < -0.4 is 4.90 Å². The van der Waals surface area contributed by atoms with E-state index in [2.05, 4.69) is 0 Å². The first-order chi connectivity index (χ1) is 8.11. The molecule has 0 atom stereocenters. The van der Waals surface area contributed by atoms with Gasteiger partial charge in [-0.05, 0) is 24.4 Å². The quantitative estimate of drug-likeness (QED) is 0.708. The van der Waals surface area contributed by atoms with Gasteiger partial charge in [-0.15, -0.1) is 0 Å². The van der Waals surface area contributed by atoms with Gasteiger partial charge in [0, 0.05) is 19.9 Å². The van der Waals surface area contributed by atoms with E-state index < -0.39 is 0 Å². The Bertz CT molecular complexity index is 473. The summed E-state index contributed by atoms with van der Waals surface area (Å²) >= 11 is 5.19. The molecule has 1 aromatic carbocycles. The van der Waals surface area contributed by atoms with Gasteiger partial charge in [-0.3, -0.25) is 19.4 Å². The second kappa shape index (κ2) is 4.63. The fourth-order valence-electron chi connectivity index (χ4n) is 1.77. The third kappa shape index (κ3) is 2.19. The molecule has 5 heteroatoms. The molecule has 0 spiro atoms. The summed E-state index contributed by atoms with van der Waals surface area (Å²) < 4.78 is 0. The van der Waals surface area contributed by atoms with Gasteiger partial charge in [0.05, 0.1) is 5.69 Å². The first-order valence-corrected chi connectivity index (χ1v) is 5.72. The number of amides is 2. The molecule has 0 aromatic heterocycles. The van der Waals surface area contributed by atoms with Crippen molar-refractivity contribution in [3.05, 3.63) is 30.3 Å². The van der Waals surface area contributed by atoms with Crippen LogP contribution in [0.15, 0.2) is 30.3 Å². The first kappa shape index (κ1) is 11.7. The zero-order chi connectivity index (χ0) is 12.4. The number of anilines is 1. The number of thiocarbonyl (C=S) groups is 1. The average Bonchev–Trinajstić information content (AvgIpc) is 2.30. The molecular weight excluding hydrogens is 236 g/mol. The van der Waals surface area contributed by atoms with Crippen molar-refractivity contribution in [1.82, 2.24) is 4.90 Å². The van der Waals surface area contributed by atoms with Crippen molar-refractivity contribution in [2.45, 2.75) is 13.3 Å². The molecule has 0 bridgehead atoms. The van der Waals surface area contributed by atoms with Gasteiger partial charge in [0.25, 0.3) is 0 Å². The van der Waals surface area contributed by atoms with Crippen LogP contribution >= 0.6 is 12.2 Å². The summed E-state index contributed by atoms with van der Waals surface area (Å²) in [6.45, 7) is 1.82. The van der Waals surface area contributed by atoms with E-state index in [-0.39, 0.29) is 16.9 Å². The normalized spacial score (nSPS) is 16.3. The summed E-state index contributed by atoms with van der Waals surface area (Å²) in [4.78, 5) is 26.1. The van der Waals surface area contributed by atoms with Gasteiger partial charge in [0.2, 0.25) is 11.8 Å². The van der Waals surface area contributed by atoms with Crippen LogP contribution in [0, 0.1) is 0 Å². The zero-order valence-corrected chi connectivity index (χ0v) is 10.2. The molecule has 2 rings (SSSR count). The van der Waals surface area contributed by atoms with Crippen molar-refractivity contribution in [3.8, 4) is 0 Å². The highest BCUT2D eigenvalue weighted by atomic mass is 32.1. The van der Waals surface area contributed by atoms with E-state index in [1.165, 1.54) is 16.7 Å². The van der Waals surface area contributed by atoms with Gasteiger partial charge in [0.1, 0.15) is 0 Å². The SMILES string of the molecule is CC(=O)N1CCC(=O)N(c2ccccc2)C1=S. The molecule has 2 amide bonds. The first-order valence-electron chi connectivity index (χ1n) is 5.31. The average molecular weight is 248 g/mol. The standard InChI is InChI=1S/C12H12N2O2S/c1-9(15)13-8-7-11(16)14(12(13)17)10-5-3-2-4-6-10/h2-6H,7-8H2,1H3.